The fourth-order valence-electron chi connectivity index (χ4n) is 4.09. The average Bonchev–Trinajstić information content (AvgIpc) is 2.71. The Bertz CT molecular complexity index is 762. The van der Waals surface area contributed by atoms with Gasteiger partial charge in [0.2, 0.25) is 0 Å². The van der Waals surface area contributed by atoms with E-state index in [2.05, 4.69) is 26.0 Å². The fraction of sp³-hybridized carbons (Fsp3) is 0.478. The molecule has 1 aliphatic heterocycles. The summed E-state index contributed by atoms with van der Waals surface area (Å²) in [5, 5.41) is 0. The highest BCUT2D eigenvalue weighted by Gasteiger charge is 2.45. The molecule has 0 aliphatic carbocycles. The molecule has 0 aromatic heterocycles. The second-order valence-electron chi connectivity index (χ2n) is 7.30. The lowest BCUT2D eigenvalue weighted by atomic mass is 9.73. The van der Waals surface area contributed by atoms with Gasteiger partial charge in [-0.15, -0.1) is 0 Å². The van der Waals surface area contributed by atoms with Crippen molar-refractivity contribution < 1.29 is 23.7 Å². The summed E-state index contributed by atoms with van der Waals surface area (Å²) in [6.07, 6.45) is 2.13. The first-order chi connectivity index (χ1) is 13.6. The van der Waals surface area contributed by atoms with Gasteiger partial charge in [-0.3, -0.25) is 0 Å². The van der Waals surface area contributed by atoms with E-state index in [1.165, 1.54) is 0 Å². The SMILES string of the molecule is COCOc1ccccc1C1CCC(C)OC1(C)c1ccccc1OCOC. The zero-order valence-electron chi connectivity index (χ0n) is 17.1. The highest BCUT2D eigenvalue weighted by atomic mass is 16.7. The maximum atomic E-state index is 6.60. The van der Waals surface area contributed by atoms with E-state index in [0.717, 1.165) is 35.5 Å². The molecule has 1 aliphatic rings. The van der Waals surface area contributed by atoms with Crippen molar-refractivity contribution in [3.8, 4) is 11.5 Å². The van der Waals surface area contributed by atoms with Crippen molar-refractivity contribution in [1.29, 1.82) is 0 Å². The van der Waals surface area contributed by atoms with Crippen LogP contribution in [0.5, 0.6) is 11.5 Å². The molecule has 28 heavy (non-hydrogen) atoms. The van der Waals surface area contributed by atoms with E-state index in [4.69, 9.17) is 23.7 Å². The molecular weight excluding hydrogens is 356 g/mol. The molecule has 2 aromatic carbocycles. The summed E-state index contributed by atoms with van der Waals surface area (Å²) in [7, 11) is 3.25. The van der Waals surface area contributed by atoms with E-state index in [-0.39, 0.29) is 25.6 Å². The summed E-state index contributed by atoms with van der Waals surface area (Å²) >= 11 is 0. The van der Waals surface area contributed by atoms with Gasteiger partial charge in [0.05, 0.1) is 6.10 Å². The Kier molecular flexibility index (Phi) is 6.94. The van der Waals surface area contributed by atoms with Gasteiger partial charge in [0, 0.05) is 31.3 Å². The van der Waals surface area contributed by atoms with Crippen LogP contribution in [-0.2, 0) is 19.8 Å². The molecule has 0 N–H and O–H groups in total. The molecule has 152 valence electrons. The Balaban J connectivity index is 2.04. The normalized spacial score (nSPS) is 24.7. The van der Waals surface area contributed by atoms with Crippen molar-refractivity contribution >= 4 is 0 Å². The zero-order valence-corrected chi connectivity index (χ0v) is 17.1. The van der Waals surface area contributed by atoms with Crippen molar-refractivity contribution in [2.45, 2.75) is 44.3 Å². The van der Waals surface area contributed by atoms with E-state index in [9.17, 15) is 0 Å². The first-order valence-corrected chi connectivity index (χ1v) is 9.70. The third-order valence-electron chi connectivity index (χ3n) is 5.35. The van der Waals surface area contributed by atoms with Crippen molar-refractivity contribution in [2.75, 3.05) is 27.8 Å². The van der Waals surface area contributed by atoms with Crippen LogP contribution in [0.1, 0.15) is 43.7 Å². The molecule has 0 spiro atoms. The predicted molar refractivity (Wildman–Crippen MR) is 108 cm³/mol. The lowest BCUT2D eigenvalue weighted by molar-refractivity contribution is -0.132. The second-order valence-corrected chi connectivity index (χ2v) is 7.30. The van der Waals surface area contributed by atoms with E-state index in [1.807, 2.05) is 36.4 Å². The number of hydrogen-bond acceptors (Lipinski definition) is 5. The molecular formula is C23H30O5. The highest BCUT2D eigenvalue weighted by Crippen LogP contribution is 2.51. The zero-order chi connectivity index (χ0) is 20.0. The lowest BCUT2D eigenvalue weighted by Gasteiger charge is -2.45. The summed E-state index contributed by atoms with van der Waals surface area (Å²) in [4.78, 5) is 0. The largest absolute Gasteiger partial charge is 0.467 e. The molecule has 3 rings (SSSR count). The van der Waals surface area contributed by atoms with Gasteiger partial charge in [-0.2, -0.15) is 0 Å². The van der Waals surface area contributed by atoms with Crippen LogP contribution in [0.3, 0.4) is 0 Å². The van der Waals surface area contributed by atoms with Crippen LogP contribution >= 0.6 is 0 Å². The molecule has 1 fully saturated rings. The van der Waals surface area contributed by atoms with Gasteiger partial charge >= 0.3 is 0 Å². The standard InChI is InChI=1S/C23H30O5/c1-17-13-14-19(18-9-5-7-11-21(18)26-15-24-3)23(2,28-17)20-10-6-8-12-22(20)27-16-25-4/h5-12,17,19H,13-16H2,1-4H3. The Hall–Kier alpha value is -2.08. The third-order valence-corrected chi connectivity index (χ3v) is 5.35. The summed E-state index contributed by atoms with van der Waals surface area (Å²) in [6.45, 7) is 4.68. The van der Waals surface area contributed by atoms with Gasteiger partial charge in [-0.1, -0.05) is 36.4 Å². The van der Waals surface area contributed by atoms with Gasteiger partial charge in [0.15, 0.2) is 13.6 Å². The molecule has 0 amide bonds. The highest BCUT2D eigenvalue weighted by molar-refractivity contribution is 5.45. The van der Waals surface area contributed by atoms with E-state index >= 15 is 0 Å². The molecule has 3 atom stereocenters. The molecule has 3 unspecified atom stereocenters. The molecule has 0 bridgehead atoms. The lowest BCUT2D eigenvalue weighted by Crippen LogP contribution is -2.41. The predicted octanol–water partition coefficient (Wildman–Crippen LogP) is 4.85. The van der Waals surface area contributed by atoms with Crippen LogP contribution < -0.4 is 9.47 Å². The molecule has 1 heterocycles. The Labute approximate surface area is 167 Å². The quantitative estimate of drug-likeness (QED) is 0.607. The molecule has 2 aromatic rings. The monoisotopic (exact) mass is 386 g/mol. The number of hydrogen-bond donors (Lipinski definition) is 0. The Morgan fingerprint density at radius 2 is 1.50 bits per heavy atom. The van der Waals surface area contributed by atoms with E-state index < -0.39 is 5.60 Å². The van der Waals surface area contributed by atoms with Crippen LogP contribution in [0, 0.1) is 0 Å². The van der Waals surface area contributed by atoms with Gasteiger partial charge in [0.1, 0.15) is 17.1 Å². The number of para-hydroxylation sites is 2. The van der Waals surface area contributed by atoms with Crippen LogP contribution in [0.4, 0.5) is 0 Å². The van der Waals surface area contributed by atoms with Gasteiger partial charge < -0.3 is 23.7 Å². The number of ether oxygens (including phenoxy) is 5. The first kappa shape index (κ1) is 20.6. The van der Waals surface area contributed by atoms with Crippen molar-refractivity contribution in [3.05, 3.63) is 59.7 Å². The van der Waals surface area contributed by atoms with Crippen molar-refractivity contribution in [2.24, 2.45) is 0 Å². The Morgan fingerprint density at radius 3 is 2.21 bits per heavy atom. The maximum absolute atomic E-state index is 6.60. The molecule has 1 saturated heterocycles. The summed E-state index contributed by atoms with van der Waals surface area (Å²) in [6, 6.07) is 16.2. The smallest absolute Gasteiger partial charge is 0.188 e. The van der Waals surface area contributed by atoms with Gasteiger partial charge in [-0.25, -0.2) is 0 Å². The second kappa shape index (κ2) is 9.41. The minimum Gasteiger partial charge on any atom is -0.467 e. The molecule has 5 heteroatoms. The van der Waals surface area contributed by atoms with Crippen LogP contribution in [0.2, 0.25) is 0 Å². The van der Waals surface area contributed by atoms with E-state index in [0.29, 0.717) is 0 Å². The first-order valence-electron chi connectivity index (χ1n) is 9.70. The van der Waals surface area contributed by atoms with Crippen LogP contribution in [0.25, 0.3) is 0 Å². The summed E-state index contributed by atoms with van der Waals surface area (Å²) < 4.78 is 28.6. The molecule has 5 nitrogen and oxygen atoms in total. The topological polar surface area (TPSA) is 46.2 Å². The van der Waals surface area contributed by atoms with Crippen molar-refractivity contribution in [3.63, 3.8) is 0 Å². The number of rotatable bonds is 8. The van der Waals surface area contributed by atoms with Crippen LogP contribution in [-0.4, -0.2) is 33.9 Å². The summed E-state index contributed by atoms with van der Waals surface area (Å²) in [5.41, 5.74) is 1.58. The van der Waals surface area contributed by atoms with Crippen molar-refractivity contribution in [1.82, 2.24) is 0 Å². The average molecular weight is 386 g/mol. The minimum absolute atomic E-state index is 0.115. The fourth-order valence-corrected chi connectivity index (χ4v) is 4.09. The van der Waals surface area contributed by atoms with Gasteiger partial charge in [0.25, 0.3) is 0 Å². The van der Waals surface area contributed by atoms with Gasteiger partial charge in [-0.05, 0) is 38.8 Å². The minimum atomic E-state index is -0.561. The maximum Gasteiger partial charge on any atom is 0.188 e. The Morgan fingerprint density at radius 1 is 0.893 bits per heavy atom. The van der Waals surface area contributed by atoms with Crippen LogP contribution in [0.15, 0.2) is 48.5 Å². The number of benzene rings is 2. The summed E-state index contributed by atoms with van der Waals surface area (Å²) in [5.74, 6) is 1.72. The third kappa shape index (κ3) is 4.32. The van der Waals surface area contributed by atoms with E-state index in [1.54, 1.807) is 14.2 Å². The molecule has 0 saturated carbocycles. The number of methoxy groups -OCH3 is 2. The molecule has 0 radical (unpaired) electrons.